The van der Waals surface area contributed by atoms with E-state index in [1.54, 1.807) is 24.3 Å². The van der Waals surface area contributed by atoms with Crippen LogP contribution in [0.15, 0.2) is 46.0 Å². The number of halogens is 1. The molecule has 0 aliphatic carbocycles. The number of hydrogen-bond acceptors (Lipinski definition) is 6. The number of ether oxygens (including phenoxy) is 1. The van der Waals surface area contributed by atoms with Crippen molar-refractivity contribution in [2.45, 2.75) is 23.8 Å². The van der Waals surface area contributed by atoms with Crippen LogP contribution in [-0.2, 0) is 10.0 Å². The maximum absolute atomic E-state index is 12.8. The van der Waals surface area contributed by atoms with E-state index in [9.17, 15) is 8.42 Å². The van der Waals surface area contributed by atoms with Crippen molar-refractivity contribution in [3.63, 3.8) is 0 Å². The van der Waals surface area contributed by atoms with Crippen LogP contribution in [0.1, 0.15) is 18.5 Å². The number of sulfonamides is 1. The lowest BCUT2D eigenvalue weighted by molar-refractivity contribution is 0.124. The van der Waals surface area contributed by atoms with Crippen LogP contribution in [0.5, 0.6) is 5.88 Å². The zero-order chi connectivity index (χ0) is 17.9. The predicted octanol–water partition coefficient (Wildman–Crippen LogP) is 2.34. The molecule has 25 heavy (non-hydrogen) atoms. The van der Waals surface area contributed by atoms with Crippen LogP contribution >= 0.6 is 15.9 Å². The summed E-state index contributed by atoms with van der Waals surface area (Å²) in [5.74, 6) is 0.137. The Morgan fingerprint density at radius 3 is 2.68 bits per heavy atom. The van der Waals surface area contributed by atoms with E-state index in [4.69, 9.17) is 10.00 Å². The first-order valence-corrected chi connectivity index (χ1v) is 9.87. The molecule has 0 spiro atoms. The van der Waals surface area contributed by atoms with E-state index < -0.39 is 10.0 Å². The maximum Gasteiger partial charge on any atom is 0.251 e. The molecule has 0 N–H and O–H groups in total. The van der Waals surface area contributed by atoms with Gasteiger partial charge >= 0.3 is 0 Å². The summed E-state index contributed by atoms with van der Waals surface area (Å²) in [6.07, 6.45) is 3.84. The van der Waals surface area contributed by atoms with Crippen LogP contribution in [0.3, 0.4) is 0 Å². The Bertz CT molecular complexity index is 896. The number of nitriles is 1. The minimum Gasteiger partial charge on any atom is -0.471 e. The van der Waals surface area contributed by atoms with Crippen LogP contribution in [-0.4, -0.2) is 41.9 Å². The molecule has 2 aromatic rings. The first-order chi connectivity index (χ1) is 12.0. The lowest BCUT2D eigenvalue weighted by Gasteiger charge is -2.31. The van der Waals surface area contributed by atoms with Crippen molar-refractivity contribution < 1.29 is 13.2 Å². The monoisotopic (exact) mass is 422 g/mol. The molecule has 1 aliphatic heterocycles. The van der Waals surface area contributed by atoms with Gasteiger partial charge in [-0.3, -0.25) is 0 Å². The molecule has 0 bridgehead atoms. The van der Waals surface area contributed by atoms with Crippen LogP contribution in [0.2, 0.25) is 0 Å². The van der Waals surface area contributed by atoms with Crippen molar-refractivity contribution in [3.05, 3.63) is 46.8 Å². The standard InChI is InChI=1S/C16H15BrN4O3S/c17-12-3-5-14(6-4-12)25(22,23)21-9-1-2-13(11-21)24-16-15(10-18)19-7-8-20-16/h3-8,13H,1-2,9,11H2. The lowest BCUT2D eigenvalue weighted by Crippen LogP contribution is -2.44. The van der Waals surface area contributed by atoms with Gasteiger partial charge in [0, 0.05) is 23.4 Å². The Balaban J connectivity index is 1.77. The second-order valence-corrected chi connectivity index (χ2v) is 8.37. The van der Waals surface area contributed by atoms with Gasteiger partial charge in [-0.15, -0.1) is 0 Å². The van der Waals surface area contributed by atoms with E-state index in [1.165, 1.54) is 16.7 Å². The van der Waals surface area contributed by atoms with Crippen LogP contribution < -0.4 is 4.74 Å². The van der Waals surface area contributed by atoms with Crippen LogP contribution in [0.25, 0.3) is 0 Å². The Kier molecular flexibility index (Phi) is 5.32. The first-order valence-electron chi connectivity index (χ1n) is 7.64. The molecular weight excluding hydrogens is 408 g/mol. The molecule has 2 heterocycles. The number of rotatable bonds is 4. The van der Waals surface area contributed by atoms with Gasteiger partial charge in [0.2, 0.25) is 15.7 Å². The SMILES string of the molecule is N#Cc1nccnc1OC1CCCN(S(=O)(=O)c2ccc(Br)cc2)C1. The highest BCUT2D eigenvalue weighted by Gasteiger charge is 2.31. The second-order valence-electron chi connectivity index (χ2n) is 5.52. The van der Waals surface area contributed by atoms with Gasteiger partial charge in [0.25, 0.3) is 5.88 Å². The highest BCUT2D eigenvalue weighted by atomic mass is 79.9. The fourth-order valence-corrected chi connectivity index (χ4v) is 4.40. The van der Waals surface area contributed by atoms with Gasteiger partial charge < -0.3 is 4.74 Å². The van der Waals surface area contributed by atoms with Crippen LogP contribution in [0.4, 0.5) is 0 Å². The average molecular weight is 423 g/mol. The van der Waals surface area contributed by atoms with E-state index in [-0.39, 0.29) is 29.1 Å². The Morgan fingerprint density at radius 1 is 1.24 bits per heavy atom. The number of hydrogen-bond donors (Lipinski definition) is 0. The number of benzene rings is 1. The summed E-state index contributed by atoms with van der Waals surface area (Å²) in [6, 6.07) is 8.46. The molecule has 9 heteroatoms. The van der Waals surface area contributed by atoms with E-state index in [1.807, 2.05) is 6.07 Å². The summed E-state index contributed by atoms with van der Waals surface area (Å²) in [4.78, 5) is 8.16. The third-order valence-electron chi connectivity index (χ3n) is 3.84. The largest absolute Gasteiger partial charge is 0.471 e. The van der Waals surface area contributed by atoms with Crippen molar-refractivity contribution in [1.82, 2.24) is 14.3 Å². The molecular formula is C16H15BrN4O3S. The molecule has 1 unspecified atom stereocenters. The summed E-state index contributed by atoms with van der Waals surface area (Å²) in [7, 11) is -3.59. The lowest BCUT2D eigenvalue weighted by atomic mass is 10.1. The van der Waals surface area contributed by atoms with Gasteiger partial charge in [-0.25, -0.2) is 18.4 Å². The van der Waals surface area contributed by atoms with Gasteiger partial charge in [0.1, 0.15) is 12.2 Å². The van der Waals surface area contributed by atoms with Crippen LogP contribution in [0, 0.1) is 11.3 Å². The van der Waals surface area contributed by atoms with Crippen molar-refractivity contribution in [2.75, 3.05) is 13.1 Å². The van der Waals surface area contributed by atoms with Crippen molar-refractivity contribution >= 4 is 26.0 Å². The van der Waals surface area contributed by atoms with Gasteiger partial charge in [-0.2, -0.15) is 9.57 Å². The zero-order valence-electron chi connectivity index (χ0n) is 13.2. The highest BCUT2D eigenvalue weighted by molar-refractivity contribution is 9.10. The summed E-state index contributed by atoms with van der Waals surface area (Å²) in [5, 5.41) is 9.06. The predicted molar refractivity (Wildman–Crippen MR) is 93.3 cm³/mol. The molecule has 1 fully saturated rings. The molecule has 1 aromatic carbocycles. The summed E-state index contributed by atoms with van der Waals surface area (Å²) in [6.45, 7) is 0.643. The van der Waals surface area contributed by atoms with E-state index in [0.717, 1.165) is 4.47 Å². The number of aromatic nitrogens is 2. The topological polar surface area (TPSA) is 96.2 Å². The molecule has 0 radical (unpaired) electrons. The Labute approximate surface area is 154 Å². The number of piperidine rings is 1. The fraction of sp³-hybridized carbons (Fsp3) is 0.312. The zero-order valence-corrected chi connectivity index (χ0v) is 15.6. The molecule has 130 valence electrons. The molecule has 1 aliphatic rings. The van der Waals surface area contributed by atoms with Gasteiger partial charge in [0.05, 0.1) is 11.4 Å². The summed E-state index contributed by atoms with van der Waals surface area (Å²) >= 11 is 3.30. The maximum atomic E-state index is 12.8. The molecule has 0 saturated carbocycles. The van der Waals surface area contributed by atoms with E-state index in [2.05, 4.69) is 25.9 Å². The quantitative estimate of drug-likeness (QED) is 0.749. The first kappa shape index (κ1) is 17.8. The van der Waals surface area contributed by atoms with Gasteiger partial charge in [-0.1, -0.05) is 15.9 Å². The molecule has 1 atom stereocenters. The normalized spacial score (nSPS) is 18.5. The fourth-order valence-electron chi connectivity index (χ4n) is 2.62. The second kappa shape index (κ2) is 7.47. The summed E-state index contributed by atoms with van der Waals surface area (Å²) in [5.41, 5.74) is 0.0930. The smallest absolute Gasteiger partial charge is 0.251 e. The van der Waals surface area contributed by atoms with Gasteiger partial charge in [0.15, 0.2) is 0 Å². The van der Waals surface area contributed by atoms with Crippen molar-refractivity contribution in [2.24, 2.45) is 0 Å². The molecule has 1 saturated heterocycles. The molecule has 3 rings (SSSR count). The minimum atomic E-state index is -3.59. The number of nitrogens with zero attached hydrogens (tertiary/aromatic N) is 4. The Morgan fingerprint density at radius 2 is 1.96 bits per heavy atom. The van der Waals surface area contributed by atoms with Gasteiger partial charge in [-0.05, 0) is 37.1 Å². The Hall–Kier alpha value is -2.02. The molecule has 7 nitrogen and oxygen atoms in total. The average Bonchev–Trinajstić information content (AvgIpc) is 2.63. The third-order valence-corrected chi connectivity index (χ3v) is 6.25. The van der Waals surface area contributed by atoms with Crippen molar-refractivity contribution in [1.29, 1.82) is 5.26 Å². The third kappa shape index (κ3) is 3.98. The summed E-state index contributed by atoms with van der Waals surface area (Å²) < 4.78 is 33.6. The highest BCUT2D eigenvalue weighted by Crippen LogP contribution is 2.24. The minimum absolute atomic E-state index is 0.0930. The molecule has 0 amide bonds. The molecule has 1 aromatic heterocycles. The van der Waals surface area contributed by atoms with Crippen molar-refractivity contribution in [3.8, 4) is 11.9 Å². The van der Waals surface area contributed by atoms with E-state index >= 15 is 0 Å². The van der Waals surface area contributed by atoms with E-state index in [0.29, 0.717) is 19.4 Å².